The second kappa shape index (κ2) is 9.44. The van der Waals surface area contributed by atoms with Crippen molar-refractivity contribution in [2.24, 2.45) is 7.05 Å². The standard InChI is InChI=1S/C28H32N8O2/c1-8-29-23-12-20(13-30-16(23)2)19-9-10-22-21(11-19)27-24(14-31-22)34(7)28(38)36(27)26-17(3)32-35(18(26)4)15-25(37)33(5)6/h9-14,29H,8,15H2,1-7H3. The van der Waals surface area contributed by atoms with Gasteiger partial charge in [0.15, 0.2) is 0 Å². The molecule has 5 rings (SSSR count). The van der Waals surface area contributed by atoms with E-state index in [2.05, 4.69) is 39.4 Å². The van der Waals surface area contributed by atoms with Gasteiger partial charge in [-0.3, -0.25) is 28.6 Å². The van der Waals surface area contributed by atoms with Crippen molar-refractivity contribution in [3.05, 3.63) is 64.2 Å². The summed E-state index contributed by atoms with van der Waals surface area (Å²) in [5.41, 5.74) is 8.00. The third-order valence-corrected chi connectivity index (χ3v) is 7.02. The maximum atomic E-state index is 13.7. The van der Waals surface area contributed by atoms with Crippen LogP contribution in [0.4, 0.5) is 5.69 Å². The van der Waals surface area contributed by atoms with Crippen molar-refractivity contribution in [1.82, 2.24) is 33.8 Å². The Morgan fingerprint density at radius 2 is 1.79 bits per heavy atom. The fraction of sp³-hybridized carbons (Fsp3) is 0.321. The lowest BCUT2D eigenvalue weighted by atomic mass is 10.0. The highest BCUT2D eigenvalue weighted by molar-refractivity contribution is 6.04. The molecule has 0 aliphatic rings. The number of fused-ring (bicyclic) bond motifs is 3. The first-order valence-corrected chi connectivity index (χ1v) is 12.6. The largest absolute Gasteiger partial charge is 0.384 e. The Morgan fingerprint density at radius 3 is 2.50 bits per heavy atom. The summed E-state index contributed by atoms with van der Waals surface area (Å²) < 4.78 is 4.97. The van der Waals surface area contributed by atoms with Gasteiger partial charge in [0.1, 0.15) is 6.54 Å². The molecule has 0 saturated carbocycles. The molecule has 1 N–H and O–H groups in total. The summed E-state index contributed by atoms with van der Waals surface area (Å²) in [5, 5.41) is 8.83. The minimum absolute atomic E-state index is 0.0738. The van der Waals surface area contributed by atoms with Crippen LogP contribution in [0.3, 0.4) is 0 Å². The number of hydrogen-bond acceptors (Lipinski definition) is 6. The number of imidazole rings is 1. The Labute approximate surface area is 220 Å². The number of benzene rings is 1. The monoisotopic (exact) mass is 512 g/mol. The Balaban J connectivity index is 1.77. The van der Waals surface area contributed by atoms with Crippen molar-refractivity contribution in [3.63, 3.8) is 0 Å². The average Bonchev–Trinajstić information content (AvgIpc) is 3.31. The van der Waals surface area contributed by atoms with Crippen LogP contribution >= 0.6 is 0 Å². The molecule has 0 unspecified atom stereocenters. The van der Waals surface area contributed by atoms with Crippen LogP contribution in [0.1, 0.15) is 24.0 Å². The first-order valence-electron chi connectivity index (χ1n) is 12.6. The summed E-state index contributed by atoms with van der Waals surface area (Å²) in [5.74, 6) is -0.0738. The van der Waals surface area contributed by atoms with Crippen molar-refractivity contribution >= 4 is 33.5 Å². The number of nitrogens with one attached hydrogen (secondary N) is 1. The van der Waals surface area contributed by atoms with Crippen LogP contribution in [0, 0.1) is 20.8 Å². The topological polar surface area (TPSA) is 103 Å². The summed E-state index contributed by atoms with van der Waals surface area (Å²) in [4.78, 5) is 36.8. The molecule has 38 heavy (non-hydrogen) atoms. The van der Waals surface area contributed by atoms with E-state index in [0.717, 1.165) is 51.2 Å². The summed E-state index contributed by atoms with van der Waals surface area (Å²) >= 11 is 0. The lowest BCUT2D eigenvalue weighted by molar-refractivity contribution is -0.129. The molecular weight excluding hydrogens is 480 g/mol. The van der Waals surface area contributed by atoms with Crippen molar-refractivity contribution < 1.29 is 4.79 Å². The minimum Gasteiger partial charge on any atom is -0.384 e. The molecule has 0 atom stereocenters. The van der Waals surface area contributed by atoms with E-state index in [1.165, 1.54) is 4.90 Å². The van der Waals surface area contributed by atoms with Crippen LogP contribution in [0.2, 0.25) is 0 Å². The van der Waals surface area contributed by atoms with Gasteiger partial charge in [0.05, 0.1) is 51.2 Å². The average molecular weight is 513 g/mol. The first kappa shape index (κ1) is 25.2. The molecule has 0 aliphatic heterocycles. The lowest BCUT2D eigenvalue weighted by Crippen LogP contribution is -2.27. The zero-order chi connectivity index (χ0) is 27.3. The number of aromatic nitrogens is 6. The number of carbonyl (C=O) groups excluding carboxylic acids is 1. The Bertz CT molecular complexity index is 1770. The summed E-state index contributed by atoms with van der Waals surface area (Å²) in [6, 6.07) is 8.15. The molecule has 0 radical (unpaired) electrons. The Morgan fingerprint density at radius 1 is 1.03 bits per heavy atom. The van der Waals surface area contributed by atoms with E-state index in [9.17, 15) is 9.59 Å². The van der Waals surface area contributed by atoms with Crippen LogP contribution in [0.15, 0.2) is 41.5 Å². The lowest BCUT2D eigenvalue weighted by Gasteiger charge is -2.12. The van der Waals surface area contributed by atoms with Gasteiger partial charge in [-0.15, -0.1) is 0 Å². The van der Waals surface area contributed by atoms with Crippen molar-refractivity contribution in [3.8, 4) is 16.8 Å². The third-order valence-electron chi connectivity index (χ3n) is 7.02. The number of amides is 1. The van der Waals surface area contributed by atoms with E-state index in [1.54, 1.807) is 41.2 Å². The zero-order valence-electron chi connectivity index (χ0n) is 22.8. The molecule has 0 aliphatic carbocycles. The molecule has 4 aromatic heterocycles. The summed E-state index contributed by atoms with van der Waals surface area (Å²) in [6.07, 6.45) is 3.60. The van der Waals surface area contributed by atoms with Crippen LogP contribution in [-0.4, -0.2) is 60.3 Å². The molecule has 5 aromatic rings. The highest BCUT2D eigenvalue weighted by atomic mass is 16.2. The maximum Gasteiger partial charge on any atom is 0.333 e. The van der Waals surface area contributed by atoms with Gasteiger partial charge in [0, 0.05) is 44.8 Å². The normalized spacial score (nSPS) is 11.4. The number of anilines is 1. The Hall–Kier alpha value is -4.47. The molecule has 0 bridgehead atoms. The zero-order valence-corrected chi connectivity index (χ0v) is 22.8. The Kier molecular flexibility index (Phi) is 6.26. The van der Waals surface area contributed by atoms with Gasteiger partial charge in [-0.1, -0.05) is 6.07 Å². The van der Waals surface area contributed by atoms with Gasteiger partial charge < -0.3 is 10.2 Å². The number of likely N-dealkylation sites (N-methyl/N-ethyl adjacent to an activating group) is 1. The van der Waals surface area contributed by atoms with Crippen LogP contribution < -0.4 is 11.0 Å². The number of nitrogens with zero attached hydrogens (tertiary/aromatic N) is 7. The maximum absolute atomic E-state index is 13.7. The highest BCUT2D eigenvalue weighted by Gasteiger charge is 2.23. The van der Waals surface area contributed by atoms with E-state index in [4.69, 9.17) is 0 Å². The molecule has 196 valence electrons. The SMILES string of the molecule is CCNc1cc(-c2ccc3ncc4c(c3c2)n(-c2c(C)nn(CC(=O)N(C)C)c2C)c(=O)n4C)cnc1C. The molecule has 1 aromatic carbocycles. The number of pyridine rings is 2. The molecular formula is C28H32N8O2. The van der Waals surface area contributed by atoms with Crippen LogP contribution in [0.5, 0.6) is 0 Å². The molecule has 1 amide bonds. The predicted molar refractivity (Wildman–Crippen MR) is 150 cm³/mol. The smallest absolute Gasteiger partial charge is 0.333 e. The van der Waals surface area contributed by atoms with Gasteiger partial charge in [-0.25, -0.2) is 4.79 Å². The quantitative estimate of drug-likeness (QED) is 0.373. The van der Waals surface area contributed by atoms with Gasteiger partial charge in [-0.2, -0.15) is 5.10 Å². The van der Waals surface area contributed by atoms with Crippen LogP contribution in [0.25, 0.3) is 38.8 Å². The third kappa shape index (κ3) is 4.02. The van der Waals surface area contributed by atoms with E-state index in [-0.39, 0.29) is 18.1 Å². The molecule has 4 heterocycles. The van der Waals surface area contributed by atoms with Gasteiger partial charge in [0.2, 0.25) is 5.91 Å². The molecule has 0 spiro atoms. The van der Waals surface area contributed by atoms with Crippen LogP contribution in [-0.2, 0) is 18.4 Å². The second-order valence-electron chi connectivity index (χ2n) is 9.75. The number of rotatable bonds is 6. The fourth-order valence-electron chi connectivity index (χ4n) is 4.88. The number of carbonyl (C=O) groups is 1. The van der Waals surface area contributed by atoms with E-state index in [1.807, 2.05) is 39.1 Å². The fourth-order valence-corrected chi connectivity index (χ4v) is 4.88. The minimum atomic E-state index is -0.198. The van der Waals surface area contributed by atoms with Gasteiger partial charge >= 0.3 is 5.69 Å². The van der Waals surface area contributed by atoms with E-state index in [0.29, 0.717) is 16.9 Å². The molecule has 0 saturated heterocycles. The van der Waals surface area contributed by atoms with Gasteiger partial charge in [-0.05, 0) is 51.5 Å². The molecule has 0 fully saturated rings. The van der Waals surface area contributed by atoms with Gasteiger partial charge in [0.25, 0.3) is 0 Å². The predicted octanol–water partition coefficient (Wildman–Crippen LogP) is 3.58. The van der Waals surface area contributed by atoms with E-state index >= 15 is 0 Å². The highest BCUT2D eigenvalue weighted by Crippen LogP contribution is 2.32. The number of hydrogen-bond donors (Lipinski definition) is 1. The second-order valence-corrected chi connectivity index (χ2v) is 9.75. The summed E-state index contributed by atoms with van der Waals surface area (Å²) in [7, 11) is 5.17. The number of aryl methyl sites for hydroxylation is 3. The summed E-state index contributed by atoms with van der Waals surface area (Å²) in [6.45, 7) is 8.69. The van der Waals surface area contributed by atoms with Crippen molar-refractivity contribution in [1.29, 1.82) is 0 Å². The van der Waals surface area contributed by atoms with Crippen molar-refractivity contribution in [2.75, 3.05) is 26.0 Å². The van der Waals surface area contributed by atoms with E-state index < -0.39 is 0 Å². The van der Waals surface area contributed by atoms with Crippen molar-refractivity contribution in [2.45, 2.75) is 34.2 Å². The first-order chi connectivity index (χ1) is 18.1. The molecule has 10 heteroatoms. The molecule has 10 nitrogen and oxygen atoms in total.